The van der Waals surface area contributed by atoms with Crippen molar-refractivity contribution in [1.29, 1.82) is 0 Å². The second kappa shape index (κ2) is 14.3. The summed E-state index contributed by atoms with van der Waals surface area (Å²) in [6, 6.07) is 41.7. The van der Waals surface area contributed by atoms with E-state index in [0.29, 0.717) is 28.2 Å². The number of rotatable bonds is 7. The summed E-state index contributed by atoms with van der Waals surface area (Å²) in [7, 11) is 0. The van der Waals surface area contributed by atoms with E-state index in [0.717, 1.165) is 33.2 Å². The average molecular weight is 820 g/mol. The van der Waals surface area contributed by atoms with Gasteiger partial charge in [-0.3, -0.25) is 13.7 Å². The Labute approximate surface area is 379 Å². The first-order valence-electron chi connectivity index (χ1n) is 25.3. The lowest BCUT2D eigenvalue weighted by Gasteiger charge is -2.21. The third-order valence-corrected chi connectivity index (χ3v) is 12.3. The summed E-state index contributed by atoms with van der Waals surface area (Å²) in [5.41, 5.74) is 9.41. The Morgan fingerprint density at radius 3 is 2.22 bits per heavy atom. The normalized spacial score (nSPS) is 14.8. The fourth-order valence-corrected chi connectivity index (χ4v) is 9.42. The van der Waals surface area contributed by atoms with Crippen LogP contribution >= 0.6 is 0 Å². The number of fused-ring (bicyclic) bond motifs is 7. The topological polar surface area (TPSA) is 35.9 Å². The van der Waals surface area contributed by atoms with Crippen molar-refractivity contribution >= 4 is 32.8 Å². The first-order valence-corrected chi connectivity index (χ1v) is 20.8. The highest BCUT2D eigenvalue weighted by Gasteiger charge is 2.37. The summed E-state index contributed by atoms with van der Waals surface area (Å²) in [5, 5.41) is 2.14. The van der Waals surface area contributed by atoms with Gasteiger partial charge in [0.1, 0.15) is 17.3 Å². The molecule has 5 heteroatoms. The Morgan fingerprint density at radius 2 is 1.33 bits per heavy atom. The summed E-state index contributed by atoms with van der Waals surface area (Å²) in [6.45, 7) is 6.09. The lowest BCUT2D eigenvalue weighted by molar-refractivity contribution is -0.571. The minimum atomic E-state index is -0.541. The van der Waals surface area contributed by atoms with E-state index in [1.807, 2.05) is 77.5 Å². The molecule has 3 heterocycles. The summed E-state index contributed by atoms with van der Waals surface area (Å²) in [5.74, 6) is 1.98. The van der Waals surface area contributed by atoms with Gasteiger partial charge in [0.25, 0.3) is 6.33 Å². The molecule has 0 bridgehead atoms. The number of ether oxygens (including phenoxy) is 1. The summed E-state index contributed by atoms with van der Waals surface area (Å²) < 4.78 is 91.8. The van der Waals surface area contributed by atoms with Crippen LogP contribution in [0.5, 0.6) is 11.5 Å². The summed E-state index contributed by atoms with van der Waals surface area (Å²) in [4.78, 5) is 5.09. The number of aromatic nitrogens is 4. The van der Waals surface area contributed by atoms with Crippen LogP contribution < -0.4 is 9.30 Å². The highest BCUT2D eigenvalue weighted by Crippen LogP contribution is 2.51. The van der Waals surface area contributed by atoms with Gasteiger partial charge in [0.05, 0.1) is 45.8 Å². The number of pyridine rings is 1. The fourth-order valence-electron chi connectivity index (χ4n) is 9.42. The van der Waals surface area contributed by atoms with Crippen molar-refractivity contribution in [2.75, 3.05) is 0 Å². The molecule has 0 fully saturated rings. The summed E-state index contributed by atoms with van der Waals surface area (Å²) >= 11 is 0. The highest BCUT2D eigenvalue weighted by molar-refractivity contribution is 6.10. The molecule has 8 aromatic carbocycles. The molecule has 0 unspecified atom stereocenters. The van der Waals surface area contributed by atoms with Crippen molar-refractivity contribution < 1.29 is 21.6 Å². The van der Waals surface area contributed by atoms with Gasteiger partial charge in [-0.15, -0.1) is 0 Å². The van der Waals surface area contributed by atoms with E-state index in [4.69, 9.17) is 20.7 Å². The molecule has 0 amide bonds. The Bertz CT molecular complexity index is 3990. The van der Waals surface area contributed by atoms with Gasteiger partial charge in [-0.2, -0.15) is 0 Å². The van der Waals surface area contributed by atoms with Crippen molar-refractivity contribution in [1.82, 2.24) is 14.1 Å². The molecule has 0 saturated heterocycles. The molecule has 0 N–H and O–H groups in total. The number of hydrogen-bond acceptors (Lipinski definition) is 2. The Morgan fingerprint density at radius 1 is 0.619 bits per heavy atom. The summed E-state index contributed by atoms with van der Waals surface area (Å²) in [6.07, 6.45) is 5.40. The van der Waals surface area contributed by atoms with Gasteiger partial charge in [-0.25, -0.2) is 4.98 Å². The van der Waals surface area contributed by atoms with Crippen LogP contribution in [0.3, 0.4) is 0 Å². The SMILES string of the molecule is [2H]c1c([2H])c([2H])c(-c2cccc(-c3c([2H])c([2H])c([2H])c(C)c3[2H])c2-[n+]2[c-]n(-c3cccc(Oc4ccc5c6ccccc6n(-c6nccc7c6-c6ccccc6C7(C)C)c5c4)c3)c3ccccc32)c([2H])c1[2H]. The molecular formula is C58H42N4O. The molecule has 1 aliphatic rings. The molecule has 63 heavy (non-hydrogen) atoms. The predicted molar refractivity (Wildman–Crippen MR) is 255 cm³/mol. The van der Waals surface area contributed by atoms with Gasteiger partial charge in [0.2, 0.25) is 0 Å². The molecule has 0 radical (unpaired) electrons. The zero-order chi connectivity index (χ0) is 50.1. The van der Waals surface area contributed by atoms with Crippen LogP contribution in [-0.4, -0.2) is 14.1 Å². The van der Waals surface area contributed by atoms with Gasteiger partial charge >= 0.3 is 0 Å². The van der Waals surface area contributed by atoms with Gasteiger partial charge in [-0.1, -0.05) is 165 Å². The predicted octanol–water partition coefficient (Wildman–Crippen LogP) is 13.9. The molecule has 300 valence electrons. The molecule has 5 nitrogen and oxygen atoms in total. The molecule has 0 spiro atoms. The van der Waals surface area contributed by atoms with Crippen LogP contribution in [0.25, 0.3) is 83.4 Å². The molecule has 12 rings (SSSR count). The Balaban J connectivity index is 1.02. The third-order valence-electron chi connectivity index (χ3n) is 12.3. The fraction of sp³-hybridized carbons (Fsp3) is 0.0690. The smallest absolute Gasteiger partial charge is 0.269 e. The Hall–Kier alpha value is -8.02. The van der Waals surface area contributed by atoms with Crippen LogP contribution in [0.2, 0.25) is 0 Å². The molecule has 0 atom stereocenters. The minimum Gasteiger partial charge on any atom is -0.458 e. The van der Waals surface area contributed by atoms with Gasteiger partial charge < -0.3 is 4.74 Å². The second-order valence-electron chi connectivity index (χ2n) is 16.3. The number of para-hydroxylation sites is 4. The van der Waals surface area contributed by atoms with Gasteiger partial charge in [0, 0.05) is 34.0 Å². The van der Waals surface area contributed by atoms with Gasteiger partial charge in [-0.05, 0) is 88.3 Å². The van der Waals surface area contributed by atoms with E-state index in [-0.39, 0.29) is 63.1 Å². The van der Waals surface area contributed by atoms with E-state index in [2.05, 4.69) is 79.3 Å². The monoisotopic (exact) mass is 819 g/mol. The molecule has 11 aromatic rings. The van der Waals surface area contributed by atoms with Crippen LogP contribution in [0, 0.1) is 13.3 Å². The molecule has 0 saturated carbocycles. The second-order valence-corrected chi connectivity index (χ2v) is 16.3. The number of benzene rings is 8. The van der Waals surface area contributed by atoms with Gasteiger partial charge in [0.15, 0.2) is 0 Å². The van der Waals surface area contributed by atoms with Crippen LogP contribution in [0.1, 0.15) is 42.9 Å². The first kappa shape index (κ1) is 28.5. The van der Waals surface area contributed by atoms with Crippen LogP contribution in [-0.2, 0) is 5.41 Å². The minimum absolute atomic E-state index is 0.0583. The standard InChI is InChI=1S/C58H42N4O/c1-38-16-13-19-40(34-38)45-25-15-24-44(39-17-5-4-6-18-39)56(45)61-37-60(52-28-11-12-29-53(52)61)41-20-14-21-42(35-41)63-43-30-31-47-46-22-8-10-27-51(46)62(54(47)36-43)57-55-48-23-7-9-26-49(48)58(2,3)50(55)32-33-59-57/h4-36H,1-3H3/i4D,5D,6D,13D,16D,17D,18D,19D,34D. The zero-order valence-electron chi connectivity index (χ0n) is 43.6. The lowest BCUT2D eigenvalue weighted by Crippen LogP contribution is -2.31. The maximum absolute atomic E-state index is 9.22. The Kier molecular flexibility index (Phi) is 6.46. The maximum Gasteiger partial charge on any atom is 0.269 e. The molecular weight excluding hydrogens is 769 g/mol. The van der Waals surface area contributed by atoms with E-state index in [9.17, 15) is 1.37 Å². The van der Waals surface area contributed by atoms with Crippen molar-refractivity contribution in [2.24, 2.45) is 0 Å². The highest BCUT2D eigenvalue weighted by atomic mass is 16.5. The number of hydrogen-bond donors (Lipinski definition) is 0. The number of nitrogens with zero attached hydrogens (tertiary/aromatic N) is 4. The zero-order valence-corrected chi connectivity index (χ0v) is 34.6. The van der Waals surface area contributed by atoms with Crippen molar-refractivity contribution in [3.05, 3.63) is 223 Å². The van der Waals surface area contributed by atoms with E-state index in [1.165, 1.54) is 16.7 Å². The molecule has 0 aliphatic heterocycles. The van der Waals surface area contributed by atoms with E-state index >= 15 is 0 Å². The average Bonchev–Trinajstić information content (AvgIpc) is 4.02. The lowest BCUT2D eigenvalue weighted by atomic mass is 9.83. The van der Waals surface area contributed by atoms with Crippen molar-refractivity contribution in [3.63, 3.8) is 0 Å². The van der Waals surface area contributed by atoms with E-state index in [1.54, 1.807) is 29.7 Å². The van der Waals surface area contributed by atoms with Crippen molar-refractivity contribution in [3.8, 4) is 62.1 Å². The van der Waals surface area contributed by atoms with Crippen LogP contribution in [0.4, 0.5) is 0 Å². The first-order chi connectivity index (χ1) is 34.7. The van der Waals surface area contributed by atoms with E-state index < -0.39 is 30.2 Å². The largest absolute Gasteiger partial charge is 0.458 e. The quantitative estimate of drug-likeness (QED) is 0.119. The molecule has 3 aromatic heterocycles. The van der Waals surface area contributed by atoms with Crippen LogP contribution in [0.15, 0.2) is 200 Å². The molecule has 1 aliphatic carbocycles. The van der Waals surface area contributed by atoms with Crippen molar-refractivity contribution in [2.45, 2.75) is 26.2 Å². The maximum atomic E-state index is 9.22. The number of imidazole rings is 1. The third kappa shape index (κ3) is 5.84.